The fourth-order valence-electron chi connectivity index (χ4n) is 1.51. The molecule has 2 aromatic rings. The first kappa shape index (κ1) is 14.3. The van der Waals surface area contributed by atoms with Crippen molar-refractivity contribution in [2.75, 3.05) is 7.11 Å². The maximum absolute atomic E-state index is 5.22. The van der Waals surface area contributed by atoms with Gasteiger partial charge in [0.1, 0.15) is 21.2 Å². The molecule has 0 unspecified atom stereocenters. The van der Waals surface area contributed by atoms with E-state index in [1.165, 1.54) is 0 Å². The van der Waals surface area contributed by atoms with Crippen LogP contribution >= 0.6 is 27.7 Å². The van der Waals surface area contributed by atoms with Crippen molar-refractivity contribution < 1.29 is 4.74 Å². The Kier molecular flexibility index (Phi) is 4.82. The van der Waals surface area contributed by atoms with Gasteiger partial charge in [0, 0.05) is 16.9 Å². The van der Waals surface area contributed by atoms with E-state index in [0.29, 0.717) is 5.92 Å². The van der Waals surface area contributed by atoms with Gasteiger partial charge in [-0.25, -0.2) is 9.97 Å². The Balaban J connectivity index is 2.27. The summed E-state index contributed by atoms with van der Waals surface area (Å²) in [4.78, 5) is 10.0. The summed E-state index contributed by atoms with van der Waals surface area (Å²) >= 11 is 5.04. The van der Waals surface area contributed by atoms with Crippen molar-refractivity contribution in [1.82, 2.24) is 9.97 Å². The first-order valence-electron chi connectivity index (χ1n) is 5.95. The Hall–Kier alpha value is -1.07. The van der Waals surface area contributed by atoms with E-state index in [-0.39, 0.29) is 0 Å². The van der Waals surface area contributed by atoms with E-state index < -0.39 is 0 Å². The average molecular weight is 339 g/mol. The van der Waals surface area contributed by atoms with Gasteiger partial charge in [-0.2, -0.15) is 0 Å². The molecule has 1 heterocycles. The summed E-state index contributed by atoms with van der Waals surface area (Å²) in [5.41, 5.74) is 0. The zero-order valence-electron chi connectivity index (χ0n) is 11.1. The van der Waals surface area contributed by atoms with Crippen LogP contribution < -0.4 is 4.74 Å². The summed E-state index contributed by atoms with van der Waals surface area (Å²) in [6, 6.07) is 9.87. The van der Waals surface area contributed by atoms with Gasteiger partial charge in [0.25, 0.3) is 0 Å². The number of aromatic nitrogens is 2. The molecule has 0 aliphatic carbocycles. The molecule has 2 rings (SSSR count). The molecule has 1 aromatic heterocycles. The highest BCUT2D eigenvalue weighted by Gasteiger charge is 2.08. The average Bonchev–Trinajstić information content (AvgIpc) is 2.38. The van der Waals surface area contributed by atoms with E-state index >= 15 is 0 Å². The normalized spacial score (nSPS) is 10.8. The highest BCUT2D eigenvalue weighted by molar-refractivity contribution is 9.10. The lowest BCUT2D eigenvalue weighted by Gasteiger charge is -2.08. The third-order valence-electron chi connectivity index (χ3n) is 2.47. The maximum atomic E-state index is 5.22. The van der Waals surface area contributed by atoms with Crippen LogP contribution in [0.3, 0.4) is 0 Å². The van der Waals surface area contributed by atoms with Crippen molar-refractivity contribution in [1.29, 1.82) is 0 Å². The minimum atomic E-state index is 0.308. The van der Waals surface area contributed by atoms with Gasteiger partial charge in [-0.05, 0) is 34.1 Å². The summed E-state index contributed by atoms with van der Waals surface area (Å²) in [6.45, 7) is 4.17. The standard InChI is InChI=1S/C14H15BrN2OS/c1-9(2)14-16-12(15)8-13(17-14)19-11-6-4-5-10(7-11)18-3/h4-9H,1-3H3. The Morgan fingerprint density at radius 3 is 2.68 bits per heavy atom. The third-order valence-corrected chi connectivity index (χ3v) is 3.78. The molecule has 0 N–H and O–H groups in total. The SMILES string of the molecule is COc1cccc(Sc2cc(Br)nc(C(C)C)n2)c1. The maximum Gasteiger partial charge on any atom is 0.133 e. The van der Waals surface area contributed by atoms with Crippen molar-refractivity contribution in [3.8, 4) is 5.75 Å². The van der Waals surface area contributed by atoms with Gasteiger partial charge in [0.2, 0.25) is 0 Å². The summed E-state index contributed by atoms with van der Waals surface area (Å²) in [6.07, 6.45) is 0. The monoisotopic (exact) mass is 338 g/mol. The smallest absolute Gasteiger partial charge is 0.133 e. The topological polar surface area (TPSA) is 35.0 Å². The lowest BCUT2D eigenvalue weighted by molar-refractivity contribution is 0.413. The quantitative estimate of drug-likeness (QED) is 0.767. The number of nitrogens with zero attached hydrogens (tertiary/aromatic N) is 2. The van der Waals surface area contributed by atoms with E-state index in [0.717, 1.165) is 26.1 Å². The first-order valence-corrected chi connectivity index (χ1v) is 7.56. The van der Waals surface area contributed by atoms with Crippen LogP contribution in [0.4, 0.5) is 0 Å². The number of rotatable bonds is 4. The number of halogens is 1. The largest absolute Gasteiger partial charge is 0.497 e. The van der Waals surface area contributed by atoms with Crippen LogP contribution in [0.15, 0.2) is 44.9 Å². The predicted molar refractivity (Wildman–Crippen MR) is 80.9 cm³/mol. The molecule has 0 spiro atoms. The summed E-state index contributed by atoms with van der Waals surface area (Å²) in [5.74, 6) is 2.00. The van der Waals surface area contributed by atoms with Crippen molar-refractivity contribution in [2.45, 2.75) is 29.7 Å². The molecular formula is C14H15BrN2OS. The fourth-order valence-corrected chi connectivity index (χ4v) is 2.93. The zero-order chi connectivity index (χ0) is 13.8. The van der Waals surface area contributed by atoms with Crippen LogP contribution in [0, 0.1) is 0 Å². The predicted octanol–water partition coefficient (Wildman–Crippen LogP) is 4.52. The minimum Gasteiger partial charge on any atom is -0.497 e. The van der Waals surface area contributed by atoms with Gasteiger partial charge in [-0.1, -0.05) is 31.7 Å². The van der Waals surface area contributed by atoms with Crippen LogP contribution in [0.25, 0.3) is 0 Å². The van der Waals surface area contributed by atoms with Crippen LogP contribution in [0.1, 0.15) is 25.6 Å². The number of hydrogen-bond donors (Lipinski definition) is 0. The van der Waals surface area contributed by atoms with Gasteiger partial charge in [-0.15, -0.1) is 0 Å². The third kappa shape index (κ3) is 3.94. The van der Waals surface area contributed by atoms with Crippen LogP contribution in [-0.2, 0) is 0 Å². The van der Waals surface area contributed by atoms with Gasteiger partial charge in [-0.3, -0.25) is 0 Å². The molecule has 1 aromatic carbocycles. The molecule has 0 aliphatic heterocycles. The van der Waals surface area contributed by atoms with Gasteiger partial charge in [0.05, 0.1) is 7.11 Å². The molecule has 0 bridgehead atoms. The molecule has 0 atom stereocenters. The lowest BCUT2D eigenvalue weighted by Crippen LogP contribution is -1.98. The molecule has 3 nitrogen and oxygen atoms in total. The van der Waals surface area contributed by atoms with E-state index in [1.54, 1.807) is 18.9 Å². The zero-order valence-corrected chi connectivity index (χ0v) is 13.5. The Labute approximate surface area is 125 Å². The number of benzene rings is 1. The molecule has 100 valence electrons. The molecule has 0 saturated carbocycles. The first-order chi connectivity index (χ1) is 9.08. The van der Waals surface area contributed by atoms with Crippen molar-refractivity contribution in [3.63, 3.8) is 0 Å². The number of hydrogen-bond acceptors (Lipinski definition) is 4. The highest BCUT2D eigenvalue weighted by Crippen LogP contribution is 2.30. The van der Waals surface area contributed by atoms with Gasteiger partial charge >= 0.3 is 0 Å². The van der Waals surface area contributed by atoms with Gasteiger partial charge in [0.15, 0.2) is 0 Å². The Morgan fingerprint density at radius 2 is 2.00 bits per heavy atom. The van der Waals surface area contributed by atoms with E-state index in [1.807, 2.05) is 30.3 Å². The van der Waals surface area contributed by atoms with Crippen molar-refractivity contribution in [2.24, 2.45) is 0 Å². The van der Waals surface area contributed by atoms with E-state index in [2.05, 4.69) is 39.7 Å². The molecule has 0 fully saturated rings. The van der Waals surface area contributed by atoms with Crippen LogP contribution in [0.2, 0.25) is 0 Å². The Bertz CT molecular complexity index is 575. The molecule has 0 amide bonds. The summed E-state index contributed by atoms with van der Waals surface area (Å²) in [5, 5.41) is 0.929. The van der Waals surface area contributed by atoms with Crippen molar-refractivity contribution in [3.05, 3.63) is 40.8 Å². The van der Waals surface area contributed by atoms with Gasteiger partial charge < -0.3 is 4.74 Å². The number of ether oxygens (including phenoxy) is 1. The minimum absolute atomic E-state index is 0.308. The van der Waals surface area contributed by atoms with E-state index in [4.69, 9.17) is 4.74 Å². The fraction of sp³-hybridized carbons (Fsp3) is 0.286. The van der Waals surface area contributed by atoms with Crippen molar-refractivity contribution >= 4 is 27.7 Å². The molecular weight excluding hydrogens is 324 g/mol. The number of methoxy groups -OCH3 is 1. The molecule has 0 aliphatic rings. The molecule has 0 radical (unpaired) electrons. The second kappa shape index (κ2) is 6.39. The summed E-state index contributed by atoms with van der Waals surface area (Å²) in [7, 11) is 1.67. The molecule has 5 heteroatoms. The highest BCUT2D eigenvalue weighted by atomic mass is 79.9. The molecule has 19 heavy (non-hydrogen) atoms. The summed E-state index contributed by atoms with van der Waals surface area (Å²) < 4.78 is 6.04. The van der Waals surface area contributed by atoms with Crippen LogP contribution in [0.5, 0.6) is 5.75 Å². The Morgan fingerprint density at radius 1 is 1.21 bits per heavy atom. The second-order valence-electron chi connectivity index (χ2n) is 4.32. The second-order valence-corrected chi connectivity index (χ2v) is 6.23. The lowest BCUT2D eigenvalue weighted by atomic mass is 10.2. The van der Waals surface area contributed by atoms with E-state index in [9.17, 15) is 0 Å². The molecule has 0 saturated heterocycles. The van der Waals surface area contributed by atoms with Crippen LogP contribution in [-0.4, -0.2) is 17.1 Å².